The fourth-order valence-corrected chi connectivity index (χ4v) is 5.45. The lowest BCUT2D eigenvalue weighted by molar-refractivity contribution is 0.289. The van der Waals surface area contributed by atoms with E-state index in [4.69, 9.17) is 0 Å². The first-order valence-electron chi connectivity index (χ1n) is 14.8. The molecular formula is C33H50N2. The van der Waals surface area contributed by atoms with Gasteiger partial charge >= 0.3 is 0 Å². The smallest absolute Gasteiger partial charge is 0.159 e. The molecule has 1 aromatic heterocycles. The number of aryl methyl sites for hydroxylation is 2. The van der Waals surface area contributed by atoms with Gasteiger partial charge in [-0.05, 0) is 74.3 Å². The van der Waals surface area contributed by atoms with Gasteiger partial charge in [-0.1, -0.05) is 108 Å². The fraction of sp³-hybridized carbons (Fsp3) is 0.636. The summed E-state index contributed by atoms with van der Waals surface area (Å²) in [5.74, 6) is 2.67. The zero-order valence-electron chi connectivity index (χ0n) is 22.7. The van der Waals surface area contributed by atoms with Gasteiger partial charge in [-0.25, -0.2) is 9.97 Å². The van der Waals surface area contributed by atoms with Crippen LogP contribution in [-0.2, 0) is 12.8 Å². The minimum atomic E-state index is 0.820. The minimum Gasteiger partial charge on any atom is -0.236 e. The Balaban J connectivity index is 1.33. The molecule has 1 heterocycles. The summed E-state index contributed by atoms with van der Waals surface area (Å²) >= 11 is 0. The molecule has 1 aliphatic carbocycles. The summed E-state index contributed by atoms with van der Waals surface area (Å²) in [5, 5.41) is 0. The number of hydrogen-bond acceptors (Lipinski definition) is 2. The Bertz CT molecular complexity index is 813. The van der Waals surface area contributed by atoms with Crippen molar-refractivity contribution >= 4 is 0 Å². The van der Waals surface area contributed by atoms with Crippen LogP contribution in [0.5, 0.6) is 0 Å². The molecular weight excluding hydrogens is 424 g/mol. The van der Waals surface area contributed by atoms with Gasteiger partial charge in [0.1, 0.15) is 0 Å². The van der Waals surface area contributed by atoms with Gasteiger partial charge < -0.3 is 0 Å². The van der Waals surface area contributed by atoms with E-state index in [1.165, 1.54) is 101 Å². The predicted molar refractivity (Wildman–Crippen MR) is 152 cm³/mol. The largest absolute Gasteiger partial charge is 0.236 e. The van der Waals surface area contributed by atoms with Crippen LogP contribution in [0.4, 0.5) is 0 Å². The average molecular weight is 475 g/mol. The summed E-state index contributed by atoms with van der Waals surface area (Å²) in [6.07, 6.45) is 31.7. The number of aromatic nitrogens is 2. The van der Waals surface area contributed by atoms with Crippen LogP contribution in [0.2, 0.25) is 0 Å². The Morgan fingerprint density at radius 1 is 0.714 bits per heavy atom. The molecule has 0 saturated heterocycles. The Morgan fingerprint density at radius 3 is 2.09 bits per heavy atom. The van der Waals surface area contributed by atoms with Crippen LogP contribution in [0.1, 0.15) is 121 Å². The molecule has 0 spiro atoms. The number of benzene rings is 1. The van der Waals surface area contributed by atoms with E-state index in [2.05, 4.69) is 60.2 Å². The molecule has 2 aromatic rings. The molecule has 3 rings (SSSR count). The summed E-state index contributed by atoms with van der Waals surface area (Å²) in [7, 11) is 0. The molecule has 1 aliphatic rings. The molecule has 2 nitrogen and oxygen atoms in total. The van der Waals surface area contributed by atoms with Crippen LogP contribution < -0.4 is 0 Å². The molecule has 0 amide bonds. The first kappa shape index (κ1) is 27.6. The van der Waals surface area contributed by atoms with Crippen LogP contribution in [0.15, 0.2) is 48.8 Å². The van der Waals surface area contributed by atoms with Gasteiger partial charge in [-0.2, -0.15) is 0 Å². The van der Waals surface area contributed by atoms with Crippen molar-refractivity contribution in [1.29, 1.82) is 0 Å². The summed E-state index contributed by atoms with van der Waals surface area (Å²) in [4.78, 5) is 9.28. The monoisotopic (exact) mass is 474 g/mol. The standard InChI is InChI=1S/C33H50N2/c1-3-5-7-8-9-11-17-31-26-34-33(35-27-31)32-24-22-30(23-25-32)16-13-12-15-29-20-18-28(19-21-29)14-10-6-4-2/h12,15,22-29H,3-11,13-14,16-21H2,1-2H3/t28-,29-. The second kappa shape index (κ2) is 16.7. The lowest BCUT2D eigenvalue weighted by Gasteiger charge is -2.26. The molecule has 0 N–H and O–H groups in total. The van der Waals surface area contributed by atoms with Gasteiger partial charge in [0.05, 0.1) is 0 Å². The van der Waals surface area contributed by atoms with E-state index in [0.29, 0.717) is 0 Å². The van der Waals surface area contributed by atoms with Crippen LogP contribution in [0, 0.1) is 11.8 Å². The highest BCUT2D eigenvalue weighted by molar-refractivity contribution is 5.55. The molecule has 35 heavy (non-hydrogen) atoms. The van der Waals surface area contributed by atoms with Crippen molar-refractivity contribution in [3.63, 3.8) is 0 Å². The average Bonchev–Trinajstić information content (AvgIpc) is 2.90. The second-order valence-electron chi connectivity index (χ2n) is 10.9. The molecule has 0 aliphatic heterocycles. The van der Waals surface area contributed by atoms with Crippen molar-refractivity contribution in [2.24, 2.45) is 11.8 Å². The molecule has 192 valence electrons. The van der Waals surface area contributed by atoms with E-state index >= 15 is 0 Å². The molecule has 0 atom stereocenters. The van der Waals surface area contributed by atoms with Gasteiger partial charge in [-0.15, -0.1) is 0 Å². The van der Waals surface area contributed by atoms with E-state index < -0.39 is 0 Å². The van der Waals surface area contributed by atoms with Crippen LogP contribution >= 0.6 is 0 Å². The molecule has 2 heteroatoms. The van der Waals surface area contributed by atoms with E-state index in [-0.39, 0.29) is 0 Å². The molecule has 0 radical (unpaired) electrons. The van der Waals surface area contributed by atoms with Crippen LogP contribution in [0.25, 0.3) is 11.4 Å². The highest BCUT2D eigenvalue weighted by atomic mass is 14.9. The minimum absolute atomic E-state index is 0.820. The van der Waals surface area contributed by atoms with Crippen molar-refractivity contribution in [1.82, 2.24) is 9.97 Å². The van der Waals surface area contributed by atoms with Crippen molar-refractivity contribution in [3.05, 3.63) is 59.9 Å². The Kier molecular flexibility index (Phi) is 13.2. The molecule has 1 saturated carbocycles. The van der Waals surface area contributed by atoms with E-state index in [0.717, 1.165) is 42.5 Å². The van der Waals surface area contributed by atoms with Gasteiger partial charge in [-0.3, -0.25) is 0 Å². The lowest BCUT2D eigenvalue weighted by atomic mass is 9.79. The zero-order valence-corrected chi connectivity index (χ0v) is 22.7. The maximum atomic E-state index is 4.64. The number of hydrogen-bond donors (Lipinski definition) is 0. The molecule has 1 aromatic carbocycles. The second-order valence-corrected chi connectivity index (χ2v) is 10.9. The Labute approximate surface area is 216 Å². The van der Waals surface area contributed by atoms with Gasteiger partial charge in [0.15, 0.2) is 5.82 Å². The third-order valence-corrected chi connectivity index (χ3v) is 7.85. The van der Waals surface area contributed by atoms with Crippen LogP contribution in [0.3, 0.4) is 0 Å². The van der Waals surface area contributed by atoms with Crippen LogP contribution in [-0.4, -0.2) is 9.97 Å². The number of nitrogens with zero attached hydrogens (tertiary/aromatic N) is 2. The summed E-state index contributed by atoms with van der Waals surface area (Å²) in [6, 6.07) is 8.86. The normalized spacial score (nSPS) is 18.3. The molecule has 0 unspecified atom stereocenters. The predicted octanol–water partition coefficient (Wildman–Crippen LogP) is 9.92. The summed E-state index contributed by atoms with van der Waals surface area (Å²) in [6.45, 7) is 4.58. The topological polar surface area (TPSA) is 25.8 Å². The maximum Gasteiger partial charge on any atom is 0.159 e. The quantitative estimate of drug-likeness (QED) is 0.179. The number of unbranched alkanes of at least 4 members (excludes halogenated alkanes) is 7. The van der Waals surface area contributed by atoms with E-state index in [1.807, 2.05) is 12.4 Å². The summed E-state index contributed by atoms with van der Waals surface area (Å²) in [5.41, 5.74) is 3.78. The van der Waals surface area contributed by atoms with Crippen molar-refractivity contribution in [3.8, 4) is 11.4 Å². The van der Waals surface area contributed by atoms with Crippen molar-refractivity contribution in [2.75, 3.05) is 0 Å². The zero-order chi connectivity index (χ0) is 24.6. The van der Waals surface area contributed by atoms with E-state index in [1.54, 1.807) is 0 Å². The van der Waals surface area contributed by atoms with E-state index in [9.17, 15) is 0 Å². The third-order valence-electron chi connectivity index (χ3n) is 7.85. The molecule has 1 fully saturated rings. The molecule has 0 bridgehead atoms. The summed E-state index contributed by atoms with van der Waals surface area (Å²) < 4.78 is 0. The van der Waals surface area contributed by atoms with Crippen molar-refractivity contribution in [2.45, 2.75) is 123 Å². The Morgan fingerprint density at radius 2 is 1.37 bits per heavy atom. The SMILES string of the molecule is CCCCCCCCc1cnc(-c2ccc(CCC=C[C@H]3CC[C@H](CCCCC)CC3)cc2)nc1. The van der Waals surface area contributed by atoms with Gasteiger partial charge in [0.25, 0.3) is 0 Å². The number of allylic oxidation sites excluding steroid dienone is 2. The lowest BCUT2D eigenvalue weighted by Crippen LogP contribution is -2.13. The maximum absolute atomic E-state index is 4.64. The third kappa shape index (κ3) is 10.7. The first-order valence-corrected chi connectivity index (χ1v) is 14.8. The highest BCUT2D eigenvalue weighted by Crippen LogP contribution is 2.32. The van der Waals surface area contributed by atoms with Gasteiger partial charge in [0, 0.05) is 18.0 Å². The highest BCUT2D eigenvalue weighted by Gasteiger charge is 2.18. The first-order chi connectivity index (χ1) is 17.3. The van der Waals surface area contributed by atoms with Gasteiger partial charge in [0.2, 0.25) is 0 Å². The number of rotatable bonds is 16. The van der Waals surface area contributed by atoms with Crippen molar-refractivity contribution < 1.29 is 0 Å². The fourth-order valence-electron chi connectivity index (χ4n) is 5.45. The Hall–Kier alpha value is -1.96.